The molecular weight excluding hydrogens is 264 g/mol. The number of fused-ring (bicyclic) bond motifs is 1. The third kappa shape index (κ3) is 2.47. The van der Waals surface area contributed by atoms with E-state index in [1.807, 2.05) is 44.2 Å². The summed E-state index contributed by atoms with van der Waals surface area (Å²) in [6.45, 7) is 4.06. The quantitative estimate of drug-likeness (QED) is 0.809. The molecule has 1 heterocycles. The number of aromatic amines is 1. The van der Waals surface area contributed by atoms with E-state index in [1.165, 1.54) is 5.56 Å². The Morgan fingerprint density at radius 2 is 2.14 bits per heavy atom. The van der Waals surface area contributed by atoms with Crippen LogP contribution in [0.15, 0.2) is 30.3 Å². The van der Waals surface area contributed by atoms with Gasteiger partial charge in [0.15, 0.2) is 0 Å². The van der Waals surface area contributed by atoms with Gasteiger partial charge in [-0.1, -0.05) is 24.3 Å². The zero-order chi connectivity index (χ0) is 15.0. The molecule has 0 saturated heterocycles. The number of amides is 1. The monoisotopic (exact) mass is 284 g/mol. The number of hydrogen-bond donors (Lipinski definition) is 3. The maximum absolute atomic E-state index is 12.2. The van der Waals surface area contributed by atoms with Gasteiger partial charge < -0.3 is 15.4 Å². The second-order valence-electron chi connectivity index (χ2n) is 5.88. The number of rotatable bonds is 3. The molecule has 1 aromatic heterocycles. The molecule has 3 N–H and O–H groups in total. The van der Waals surface area contributed by atoms with Crippen molar-refractivity contribution in [1.82, 2.24) is 10.3 Å². The first kappa shape index (κ1) is 13.9. The van der Waals surface area contributed by atoms with Crippen LogP contribution in [-0.4, -0.2) is 22.5 Å². The molecule has 21 heavy (non-hydrogen) atoms. The molecule has 0 fully saturated rings. The first-order valence-corrected chi connectivity index (χ1v) is 7.25. The largest absolute Gasteiger partial charge is 0.383 e. The Balaban J connectivity index is 1.74. The van der Waals surface area contributed by atoms with Crippen LogP contribution in [0.3, 0.4) is 0 Å². The molecule has 1 aliphatic carbocycles. The third-order valence-electron chi connectivity index (χ3n) is 4.24. The predicted octanol–water partition coefficient (Wildman–Crippen LogP) is 2.20. The van der Waals surface area contributed by atoms with Crippen molar-refractivity contribution < 1.29 is 9.90 Å². The second kappa shape index (κ2) is 5.04. The fraction of sp³-hybridized carbons (Fsp3) is 0.353. The molecule has 1 aliphatic rings. The maximum Gasteiger partial charge on any atom is 0.268 e. The van der Waals surface area contributed by atoms with Gasteiger partial charge in [0.1, 0.15) is 11.3 Å². The fourth-order valence-electron chi connectivity index (χ4n) is 3.13. The lowest BCUT2D eigenvalue weighted by Crippen LogP contribution is -2.39. The molecule has 0 saturated carbocycles. The van der Waals surface area contributed by atoms with Crippen molar-refractivity contribution in [3.05, 3.63) is 58.4 Å². The number of hydrogen-bond acceptors (Lipinski definition) is 2. The van der Waals surface area contributed by atoms with Gasteiger partial charge >= 0.3 is 0 Å². The molecule has 1 atom stereocenters. The van der Waals surface area contributed by atoms with E-state index >= 15 is 0 Å². The molecule has 0 bridgehead atoms. The summed E-state index contributed by atoms with van der Waals surface area (Å²) in [5, 5.41) is 13.6. The van der Waals surface area contributed by atoms with Crippen LogP contribution in [0, 0.1) is 13.8 Å². The van der Waals surface area contributed by atoms with E-state index in [2.05, 4.69) is 10.3 Å². The number of aliphatic hydroxyl groups is 1. The van der Waals surface area contributed by atoms with Gasteiger partial charge in [0.25, 0.3) is 5.91 Å². The van der Waals surface area contributed by atoms with Gasteiger partial charge in [-0.05, 0) is 49.4 Å². The summed E-state index contributed by atoms with van der Waals surface area (Å²) in [7, 11) is 0. The van der Waals surface area contributed by atoms with Crippen LogP contribution in [0.1, 0.15) is 39.3 Å². The number of nitrogens with one attached hydrogen (secondary N) is 2. The van der Waals surface area contributed by atoms with Crippen molar-refractivity contribution in [2.75, 3.05) is 6.54 Å². The number of carbonyl (C=O) groups excluding carboxylic acids is 1. The number of H-pyrrole nitrogens is 1. The molecule has 1 aromatic carbocycles. The molecule has 0 radical (unpaired) electrons. The predicted molar refractivity (Wildman–Crippen MR) is 81.3 cm³/mol. The lowest BCUT2D eigenvalue weighted by Gasteiger charge is -2.24. The van der Waals surface area contributed by atoms with Gasteiger partial charge in [0, 0.05) is 5.69 Å². The molecule has 0 spiro atoms. The lowest BCUT2D eigenvalue weighted by atomic mass is 9.96. The van der Waals surface area contributed by atoms with Crippen LogP contribution in [0.4, 0.5) is 0 Å². The fourth-order valence-corrected chi connectivity index (χ4v) is 3.13. The second-order valence-corrected chi connectivity index (χ2v) is 5.88. The SMILES string of the molecule is Cc1cc(C)c(C(=O)NCC2(O)CCc3ccccc32)[nH]1. The summed E-state index contributed by atoms with van der Waals surface area (Å²) in [5.41, 5.74) is 3.60. The summed E-state index contributed by atoms with van der Waals surface area (Å²) < 4.78 is 0. The molecule has 2 aromatic rings. The smallest absolute Gasteiger partial charge is 0.268 e. The van der Waals surface area contributed by atoms with Crippen molar-refractivity contribution in [2.24, 2.45) is 0 Å². The highest BCUT2D eigenvalue weighted by molar-refractivity contribution is 5.94. The van der Waals surface area contributed by atoms with Gasteiger partial charge in [-0.25, -0.2) is 0 Å². The molecule has 1 amide bonds. The van der Waals surface area contributed by atoms with E-state index in [4.69, 9.17) is 0 Å². The molecule has 4 nitrogen and oxygen atoms in total. The first-order chi connectivity index (χ1) is 9.99. The zero-order valence-corrected chi connectivity index (χ0v) is 12.4. The van der Waals surface area contributed by atoms with Crippen molar-refractivity contribution in [2.45, 2.75) is 32.3 Å². The van der Waals surface area contributed by atoms with E-state index in [0.717, 1.165) is 23.2 Å². The minimum absolute atomic E-state index is 0.168. The normalized spacial score (nSPS) is 20.3. The van der Waals surface area contributed by atoms with Crippen LogP contribution in [-0.2, 0) is 12.0 Å². The first-order valence-electron chi connectivity index (χ1n) is 7.25. The lowest BCUT2D eigenvalue weighted by molar-refractivity contribution is 0.0368. The summed E-state index contributed by atoms with van der Waals surface area (Å²) >= 11 is 0. The topological polar surface area (TPSA) is 65.1 Å². The summed E-state index contributed by atoms with van der Waals surface area (Å²) in [4.78, 5) is 15.3. The summed E-state index contributed by atoms with van der Waals surface area (Å²) in [5.74, 6) is -0.168. The van der Waals surface area contributed by atoms with Crippen LogP contribution in [0.25, 0.3) is 0 Å². The van der Waals surface area contributed by atoms with Crippen LogP contribution >= 0.6 is 0 Å². The number of aryl methyl sites for hydroxylation is 3. The Morgan fingerprint density at radius 3 is 2.86 bits per heavy atom. The van der Waals surface area contributed by atoms with Crippen LogP contribution in [0.5, 0.6) is 0 Å². The standard InChI is InChI=1S/C17H20N2O2/c1-11-9-12(2)19-15(11)16(20)18-10-17(21)8-7-13-5-3-4-6-14(13)17/h3-6,9,19,21H,7-8,10H2,1-2H3,(H,18,20). The minimum Gasteiger partial charge on any atom is -0.383 e. The van der Waals surface area contributed by atoms with Crippen molar-refractivity contribution in [3.63, 3.8) is 0 Å². The Labute approximate surface area is 124 Å². The highest BCUT2D eigenvalue weighted by atomic mass is 16.3. The molecule has 4 heteroatoms. The average molecular weight is 284 g/mol. The maximum atomic E-state index is 12.2. The molecular formula is C17H20N2O2. The molecule has 0 aliphatic heterocycles. The molecule has 3 rings (SSSR count). The van der Waals surface area contributed by atoms with E-state index in [1.54, 1.807) is 0 Å². The number of carbonyl (C=O) groups is 1. The van der Waals surface area contributed by atoms with Gasteiger partial charge in [0.2, 0.25) is 0 Å². The van der Waals surface area contributed by atoms with Crippen molar-refractivity contribution >= 4 is 5.91 Å². The van der Waals surface area contributed by atoms with Crippen LogP contribution in [0.2, 0.25) is 0 Å². The molecule has 1 unspecified atom stereocenters. The highest BCUT2D eigenvalue weighted by Gasteiger charge is 2.36. The summed E-state index contributed by atoms with van der Waals surface area (Å²) in [6.07, 6.45) is 1.50. The van der Waals surface area contributed by atoms with Gasteiger partial charge in [0.05, 0.1) is 6.54 Å². The number of aromatic nitrogens is 1. The van der Waals surface area contributed by atoms with E-state index in [-0.39, 0.29) is 12.5 Å². The van der Waals surface area contributed by atoms with Crippen LogP contribution < -0.4 is 5.32 Å². The van der Waals surface area contributed by atoms with Gasteiger partial charge in [-0.15, -0.1) is 0 Å². The Morgan fingerprint density at radius 1 is 1.38 bits per heavy atom. The summed E-state index contributed by atoms with van der Waals surface area (Å²) in [6, 6.07) is 9.82. The minimum atomic E-state index is -0.957. The highest BCUT2D eigenvalue weighted by Crippen LogP contribution is 2.36. The van der Waals surface area contributed by atoms with E-state index < -0.39 is 5.60 Å². The Bertz CT molecular complexity index is 690. The molecule has 110 valence electrons. The third-order valence-corrected chi connectivity index (χ3v) is 4.24. The number of benzene rings is 1. The van der Waals surface area contributed by atoms with Gasteiger partial charge in [-0.2, -0.15) is 0 Å². The van der Waals surface area contributed by atoms with E-state index in [9.17, 15) is 9.90 Å². The Hall–Kier alpha value is -2.07. The van der Waals surface area contributed by atoms with Crippen molar-refractivity contribution in [1.29, 1.82) is 0 Å². The zero-order valence-electron chi connectivity index (χ0n) is 12.4. The van der Waals surface area contributed by atoms with Crippen molar-refractivity contribution in [3.8, 4) is 0 Å². The average Bonchev–Trinajstić information content (AvgIpc) is 2.98. The van der Waals surface area contributed by atoms with E-state index in [0.29, 0.717) is 12.1 Å². The Kier molecular flexibility index (Phi) is 3.33. The van der Waals surface area contributed by atoms with Gasteiger partial charge in [-0.3, -0.25) is 4.79 Å².